The third kappa shape index (κ3) is 1.52. The molecule has 1 radical (unpaired) electrons. The van der Waals surface area contributed by atoms with Crippen LogP contribution in [0.4, 0.5) is 0 Å². The Morgan fingerprint density at radius 3 is 2.80 bits per heavy atom. The lowest BCUT2D eigenvalue weighted by Gasteiger charge is -1.91. The van der Waals surface area contributed by atoms with Gasteiger partial charge in [0.05, 0.1) is 11.6 Å². The first-order chi connectivity index (χ1) is 4.86. The molecule has 10 heavy (non-hydrogen) atoms. The molecule has 0 N–H and O–H groups in total. The van der Waals surface area contributed by atoms with Crippen molar-refractivity contribution in [3.05, 3.63) is 29.8 Å². The number of thioether (sulfide) groups is 1. The number of nitriles is 1. The highest BCUT2D eigenvalue weighted by Gasteiger charge is 1.89. The van der Waals surface area contributed by atoms with E-state index in [1.807, 2.05) is 18.4 Å². The summed E-state index contributed by atoms with van der Waals surface area (Å²) in [5.74, 6) is 0. The highest BCUT2D eigenvalue weighted by Crippen LogP contribution is 2.13. The van der Waals surface area contributed by atoms with Gasteiger partial charge in [-0.25, -0.2) is 0 Å². The van der Waals surface area contributed by atoms with Crippen LogP contribution in [0.5, 0.6) is 0 Å². The zero-order chi connectivity index (χ0) is 7.40. The zero-order valence-electron chi connectivity index (χ0n) is 5.59. The summed E-state index contributed by atoms with van der Waals surface area (Å²) in [5, 5.41) is 8.42. The fraction of sp³-hybridized carbons (Fsp3) is 0.125. The second-order valence-corrected chi connectivity index (χ2v) is 2.61. The van der Waals surface area contributed by atoms with Gasteiger partial charge >= 0.3 is 0 Å². The van der Waals surface area contributed by atoms with Crippen LogP contribution in [0.15, 0.2) is 23.1 Å². The van der Waals surface area contributed by atoms with E-state index < -0.39 is 0 Å². The summed E-state index contributed by atoms with van der Waals surface area (Å²) in [6, 6.07) is 10.4. The Hall–Kier alpha value is -0.940. The second-order valence-electron chi connectivity index (χ2n) is 1.76. The van der Waals surface area contributed by atoms with Gasteiger partial charge in [-0.15, -0.1) is 11.8 Å². The molecule has 0 atom stereocenters. The first-order valence-corrected chi connectivity index (χ1v) is 4.05. The van der Waals surface area contributed by atoms with Crippen molar-refractivity contribution >= 4 is 11.8 Å². The molecule has 1 nitrogen and oxygen atoms in total. The van der Waals surface area contributed by atoms with E-state index in [1.165, 1.54) is 0 Å². The molecule has 0 aliphatic heterocycles. The Kier molecular flexibility index (Phi) is 2.35. The van der Waals surface area contributed by atoms with Gasteiger partial charge in [0.2, 0.25) is 0 Å². The summed E-state index contributed by atoms with van der Waals surface area (Å²) < 4.78 is 0. The molecule has 0 amide bonds. The molecule has 0 bridgehead atoms. The van der Waals surface area contributed by atoms with E-state index >= 15 is 0 Å². The van der Waals surface area contributed by atoms with E-state index in [-0.39, 0.29) is 0 Å². The van der Waals surface area contributed by atoms with Crippen LogP contribution in [0, 0.1) is 17.4 Å². The van der Waals surface area contributed by atoms with Gasteiger partial charge in [-0.2, -0.15) is 5.26 Å². The molecule has 1 aromatic rings. The van der Waals surface area contributed by atoms with Crippen LogP contribution in [0.2, 0.25) is 0 Å². The van der Waals surface area contributed by atoms with Crippen LogP contribution in [0.25, 0.3) is 0 Å². The number of benzene rings is 1. The lowest BCUT2D eigenvalue weighted by Crippen LogP contribution is -1.73. The smallest absolute Gasteiger partial charge is 0.0991 e. The van der Waals surface area contributed by atoms with Crippen LogP contribution in [-0.2, 0) is 0 Å². The summed E-state index contributed by atoms with van der Waals surface area (Å²) in [5.41, 5.74) is 0.665. The van der Waals surface area contributed by atoms with E-state index in [1.54, 1.807) is 23.9 Å². The van der Waals surface area contributed by atoms with E-state index in [0.29, 0.717) is 5.56 Å². The van der Waals surface area contributed by atoms with Gasteiger partial charge in [-0.05, 0) is 30.5 Å². The van der Waals surface area contributed by atoms with Crippen molar-refractivity contribution in [2.75, 3.05) is 6.26 Å². The molecule has 0 saturated carbocycles. The lowest BCUT2D eigenvalue weighted by molar-refractivity contribution is 1.40. The molecule has 0 fully saturated rings. The second kappa shape index (κ2) is 3.28. The molecule has 2 heteroatoms. The summed E-state index contributed by atoms with van der Waals surface area (Å²) in [7, 11) is 0. The minimum Gasteiger partial charge on any atom is -0.192 e. The minimum atomic E-state index is 0.665. The fourth-order valence-electron chi connectivity index (χ4n) is 0.607. The third-order valence-electron chi connectivity index (χ3n) is 1.13. The Labute approximate surface area is 64.7 Å². The molecule has 49 valence electrons. The number of hydrogen-bond donors (Lipinski definition) is 0. The van der Waals surface area contributed by atoms with Crippen molar-refractivity contribution in [2.45, 2.75) is 4.90 Å². The van der Waals surface area contributed by atoms with Crippen LogP contribution in [0.3, 0.4) is 0 Å². The predicted molar refractivity (Wildman–Crippen MR) is 41.8 cm³/mol. The Morgan fingerprint density at radius 2 is 2.40 bits per heavy atom. The number of rotatable bonds is 1. The van der Waals surface area contributed by atoms with E-state index in [0.717, 1.165) is 4.90 Å². The van der Waals surface area contributed by atoms with Gasteiger partial charge in [0.25, 0.3) is 0 Å². The summed E-state index contributed by atoms with van der Waals surface area (Å²) in [6.45, 7) is 0. The highest BCUT2D eigenvalue weighted by molar-refractivity contribution is 7.98. The average molecular weight is 148 g/mol. The van der Waals surface area contributed by atoms with E-state index in [2.05, 4.69) is 6.07 Å². The Bertz CT molecular complexity index is 245. The molecule has 0 unspecified atom stereocenters. The molecule has 0 aliphatic carbocycles. The maximum atomic E-state index is 8.42. The van der Waals surface area contributed by atoms with Gasteiger partial charge in [0.15, 0.2) is 0 Å². The van der Waals surface area contributed by atoms with Gasteiger partial charge in [0, 0.05) is 4.90 Å². The molecule has 0 heterocycles. The standard InChI is InChI=1S/C8H6NS/c1-10-8-4-2-7(6-9)3-5-8/h2-4H,1H3. The summed E-state index contributed by atoms with van der Waals surface area (Å²) in [6.07, 6.45) is 1.98. The van der Waals surface area contributed by atoms with Crippen LogP contribution in [0.1, 0.15) is 5.56 Å². The highest BCUT2D eigenvalue weighted by atomic mass is 32.2. The normalized spacial score (nSPS) is 8.80. The summed E-state index contributed by atoms with van der Waals surface area (Å²) >= 11 is 1.62. The summed E-state index contributed by atoms with van der Waals surface area (Å²) in [4.78, 5) is 1.07. The molecular weight excluding hydrogens is 142 g/mol. The number of nitrogens with zero attached hydrogens (tertiary/aromatic N) is 1. The van der Waals surface area contributed by atoms with Gasteiger partial charge in [-0.3, -0.25) is 0 Å². The van der Waals surface area contributed by atoms with Gasteiger partial charge in [0.1, 0.15) is 0 Å². The topological polar surface area (TPSA) is 23.8 Å². The van der Waals surface area contributed by atoms with Crippen LogP contribution >= 0.6 is 11.8 Å². The quantitative estimate of drug-likeness (QED) is 0.569. The minimum absolute atomic E-state index is 0.665. The Balaban J connectivity index is 2.93. The molecular formula is C8H6NS. The van der Waals surface area contributed by atoms with Crippen molar-refractivity contribution in [1.82, 2.24) is 0 Å². The monoisotopic (exact) mass is 148 g/mol. The Morgan fingerprint density at radius 1 is 1.60 bits per heavy atom. The maximum absolute atomic E-state index is 8.42. The molecule has 1 rings (SSSR count). The first-order valence-electron chi connectivity index (χ1n) is 2.82. The first kappa shape index (κ1) is 7.17. The average Bonchev–Trinajstić information content (AvgIpc) is 2.05. The fourth-order valence-corrected chi connectivity index (χ4v) is 0.988. The van der Waals surface area contributed by atoms with Crippen molar-refractivity contribution in [3.63, 3.8) is 0 Å². The van der Waals surface area contributed by atoms with Crippen LogP contribution < -0.4 is 0 Å². The molecule has 0 aromatic heterocycles. The molecule has 1 aromatic carbocycles. The van der Waals surface area contributed by atoms with Crippen molar-refractivity contribution in [2.24, 2.45) is 0 Å². The third-order valence-corrected chi connectivity index (χ3v) is 1.83. The van der Waals surface area contributed by atoms with Gasteiger partial charge < -0.3 is 0 Å². The molecule has 0 aliphatic rings. The number of hydrogen-bond acceptors (Lipinski definition) is 2. The predicted octanol–water partition coefficient (Wildman–Crippen LogP) is 2.08. The van der Waals surface area contributed by atoms with Crippen molar-refractivity contribution in [3.8, 4) is 6.07 Å². The maximum Gasteiger partial charge on any atom is 0.0991 e. The zero-order valence-corrected chi connectivity index (χ0v) is 6.40. The SMILES string of the molecule is CSc1[c]cc(C#N)cc1. The van der Waals surface area contributed by atoms with Crippen LogP contribution in [-0.4, -0.2) is 6.26 Å². The molecule has 0 spiro atoms. The largest absolute Gasteiger partial charge is 0.192 e. The van der Waals surface area contributed by atoms with Crippen molar-refractivity contribution in [1.29, 1.82) is 5.26 Å². The van der Waals surface area contributed by atoms with Crippen molar-refractivity contribution < 1.29 is 0 Å². The lowest BCUT2D eigenvalue weighted by atomic mass is 10.2. The van der Waals surface area contributed by atoms with E-state index in [4.69, 9.17) is 5.26 Å². The van der Waals surface area contributed by atoms with Gasteiger partial charge in [-0.1, -0.05) is 0 Å². The molecule has 0 saturated heterocycles. The van der Waals surface area contributed by atoms with E-state index in [9.17, 15) is 0 Å².